The van der Waals surface area contributed by atoms with Crippen LogP contribution >= 0.6 is 23.8 Å². The molecule has 1 aliphatic carbocycles. The summed E-state index contributed by atoms with van der Waals surface area (Å²) in [6.07, 6.45) is 6.13. The molecule has 2 fully saturated rings. The minimum atomic E-state index is -4.07. The van der Waals surface area contributed by atoms with Crippen LogP contribution < -0.4 is 56.3 Å². The largest absolute Gasteiger partial charge is 1.00 e. The summed E-state index contributed by atoms with van der Waals surface area (Å²) in [4.78, 5) is 23.1. The number of aliphatic hydroxyl groups excluding tert-OH is 1. The molecular weight excluding hydrogens is 607 g/mol. The Kier molecular flexibility index (Phi) is 11.9. The van der Waals surface area contributed by atoms with Gasteiger partial charge in [-0.05, 0) is 75.8 Å². The molecule has 210 valence electrons. The Morgan fingerprint density at radius 3 is 2.73 bits per heavy atom. The average Bonchev–Trinajstić information content (AvgIpc) is 3.39. The van der Waals surface area contributed by atoms with E-state index in [-0.39, 0.29) is 80.9 Å². The molecule has 1 aromatic rings. The topological polar surface area (TPSA) is 133 Å². The summed E-state index contributed by atoms with van der Waals surface area (Å²) >= 11 is 12.5. The van der Waals surface area contributed by atoms with Gasteiger partial charge in [-0.3, -0.25) is 9.35 Å². The van der Waals surface area contributed by atoms with E-state index in [1.54, 1.807) is 54.4 Å². The first kappa shape index (κ1) is 33.3. The van der Waals surface area contributed by atoms with Gasteiger partial charge in [-0.25, -0.2) is 9.88 Å². The molecule has 2 N–H and O–H groups in total. The summed E-state index contributed by atoms with van der Waals surface area (Å²) < 4.78 is 42.6. The van der Waals surface area contributed by atoms with E-state index in [1.165, 1.54) is 18.6 Å². The molecule has 1 aromatic heterocycles. The van der Waals surface area contributed by atoms with E-state index in [4.69, 9.17) is 37.8 Å². The van der Waals surface area contributed by atoms with Crippen molar-refractivity contribution in [1.29, 1.82) is 0 Å². The smallest absolute Gasteiger partial charge is 0.649 e. The molecule has 4 rings (SSSR count). The molecule has 0 bridgehead atoms. The fourth-order valence-corrected chi connectivity index (χ4v) is 5.58. The molecule has 11 nitrogen and oxygen atoms in total. The van der Waals surface area contributed by atoms with Crippen molar-refractivity contribution in [2.24, 2.45) is 0 Å². The van der Waals surface area contributed by atoms with Crippen LogP contribution in [0.3, 0.4) is 0 Å². The van der Waals surface area contributed by atoms with Crippen LogP contribution in [0.1, 0.15) is 26.7 Å². The third-order valence-electron chi connectivity index (χ3n) is 6.11. The van der Waals surface area contributed by atoms with Gasteiger partial charge in [-0.15, -0.1) is 0 Å². The van der Waals surface area contributed by atoms with Gasteiger partial charge < -0.3 is 24.4 Å². The fourth-order valence-electron chi connectivity index (χ4n) is 4.43. The van der Waals surface area contributed by atoms with Crippen molar-refractivity contribution in [3.05, 3.63) is 77.2 Å². The van der Waals surface area contributed by atoms with Crippen LogP contribution in [0.2, 0.25) is 0 Å². The summed E-state index contributed by atoms with van der Waals surface area (Å²) in [6.45, 7) is 5.11. The van der Waals surface area contributed by atoms with Crippen molar-refractivity contribution >= 4 is 50.8 Å². The van der Waals surface area contributed by atoms with Gasteiger partial charge in [0.05, 0.1) is 24.1 Å². The van der Waals surface area contributed by atoms with Gasteiger partial charge >= 0.3 is 51.4 Å². The number of aliphatic hydroxyl groups is 1. The molecule has 40 heavy (non-hydrogen) atoms. The van der Waals surface area contributed by atoms with E-state index in [0.29, 0.717) is 40.9 Å². The number of carbonyl (C=O) groups is 1. The number of fused-ring (bicyclic) bond motifs is 1. The van der Waals surface area contributed by atoms with Crippen molar-refractivity contribution in [2.45, 2.75) is 39.0 Å². The van der Waals surface area contributed by atoms with Gasteiger partial charge in [0.15, 0.2) is 11.4 Å². The van der Waals surface area contributed by atoms with Gasteiger partial charge in [-0.2, -0.15) is 8.42 Å². The van der Waals surface area contributed by atoms with Gasteiger partial charge in [-0.1, -0.05) is 24.4 Å². The van der Waals surface area contributed by atoms with E-state index >= 15 is 0 Å². The molecule has 0 saturated carbocycles. The van der Waals surface area contributed by atoms with E-state index in [0.717, 1.165) is 0 Å². The molecule has 0 spiro atoms. The first-order chi connectivity index (χ1) is 18.5. The molecular formula is C25H28ClKN4O7S2. The Hall–Kier alpha value is -1.17. The summed E-state index contributed by atoms with van der Waals surface area (Å²) in [5.41, 5.74) is 0.633. The molecule has 2 unspecified atom stereocenters. The number of hydrogen-bond donors (Lipinski definition) is 2. The van der Waals surface area contributed by atoms with Crippen LogP contribution in [-0.4, -0.2) is 75.1 Å². The number of carbonyl (C=O) groups excluding carboxylic acids is 1. The number of nitrogens with zero attached hydrogens (tertiary/aromatic N) is 4. The average molecular weight is 635 g/mol. The number of pyridine rings is 1. The first-order valence-electron chi connectivity index (χ1n) is 12.1. The second kappa shape index (κ2) is 14.3. The number of thiocarbonyl (C=S) groups is 1. The number of aromatic nitrogens is 1. The van der Waals surface area contributed by atoms with Crippen LogP contribution in [0.5, 0.6) is 0 Å². The number of amides is 1. The minimum Gasteiger partial charge on any atom is -0.649 e. The van der Waals surface area contributed by atoms with Crippen molar-refractivity contribution in [1.82, 2.24) is 14.8 Å². The standard InChI is InChI=1S/C25H28ClN4O7S2.K/c1-3-17(37-16(2)31)14-29-23(24(32)30(25(29)38)20-8-4-5-11-27-20)21-18(26)9-10-19-22(21)28(15-36-19)12-6-7-13-39(33,34)35;/h3-5,8-11,15-16,22,31H,6-7,12-14H2,1-2H3,(H,33,34,35);/q-1;+1. The van der Waals surface area contributed by atoms with Crippen molar-refractivity contribution in [3.8, 4) is 0 Å². The van der Waals surface area contributed by atoms with E-state index < -0.39 is 28.4 Å². The monoisotopic (exact) mass is 634 g/mol. The number of halogens is 1. The van der Waals surface area contributed by atoms with E-state index in [9.17, 15) is 18.3 Å². The van der Waals surface area contributed by atoms with Gasteiger partial charge in [0.1, 0.15) is 17.3 Å². The van der Waals surface area contributed by atoms with Gasteiger partial charge in [0, 0.05) is 16.8 Å². The summed E-state index contributed by atoms with van der Waals surface area (Å²) in [6, 6.07) is 4.54. The van der Waals surface area contributed by atoms with Crippen LogP contribution in [-0.2, 0) is 24.4 Å². The molecule has 0 radical (unpaired) electrons. The molecule has 3 heterocycles. The first-order valence-corrected chi connectivity index (χ1v) is 14.5. The summed E-state index contributed by atoms with van der Waals surface area (Å²) in [7, 11) is -4.07. The minimum absolute atomic E-state index is 0. The number of unbranched alkanes of at least 4 members (excludes halogenated alkanes) is 1. The zero-order chi connectivity index (χ0) is 28.3. The maximum atomic E-state index is 14.0. The molecule has 15 heteroatoms. The number of anilines is 1. The van der Waals surface area contributed by atoms with Crippen molar-refractivity contribution in [2.75, 3.05) is 23.7 Å². The molecule has 0 aromatic carbocycles. The fraction of sp³-hybridized carbons (Fsp3) is 0.360. The number of allylic oxidation sites excluding steroid dienone is 3. The maximum Gasteiger partial charge on any atom is 1.00 e. The number of hydrogen-bond acceptors (Lipinski definition) is 9. The molecule has 3 aliphatic rings. The molecule has 2 saturated heterocycles. The van der Waals surface area contributed by atoms with Crippen LogP contribution in [0.4, 0.5) is 5.82 Å². The third-order valence-corrected chi connectivity index (χ3v) is 7.64. The van der Waals surface area contributed by atoms with Crippen LogP contribution in [0.15, 0.2) is 70.4 Å². The zero-order valence-electron chi connectivity index (χ0n) is 22.2. The predicted molar refractivity (Wildman–Crippen MR) is 148 cm³/mol. The predicted octanol–water partition coefficient (Wildman–Crippen LogP) is 0.0402. The SMILES string of the molecule is CC=C(CN1C(=S)N(c2ccccn2)C(=O)C1=C1C(Cl)=CC=C2O[CH-]N(CCCCS(=O)(=O)O)C21)OC(C)O.[K+]. The number of ether oxygens (including phenoxy) is 2. The van der Waals surface area contributed by atoms with E-state index in [1.807, 2.05) is 4.90 Å². The second-order valence-corrected chi connectivity index (χ2v) is 11.2. The van der Waals surface area contributed by atoms with Crippen LogP contribution in [0.25, 0.3) is 0 Å². The Labute approximate surface area is 286 Å². The maximum absolute atomic E-state index is 14.0. The summed E-state index contributed by atoms with van der Waals surface area (Å²) in [5, 5.41) is 10.3. The molecule has 2 aliphatic heterocycles. The molecule has 2 atom stereocenters. The Morgan fingerprint density at radius 1 is 1.35 bits per heavy atom. The Morgan fingerprint density at radius 2 is 2.10 bits per heavy atom. The molecule has 1 amide bonds. The number of rotatable bonds is 10. The normalized spacial score (nSPS) is 22.4. The quantitative estimate of drug-likeness (QED) is 0.0528. The van der Waals surface area contributed by atoms with Crippen molar-refractivity contribution in [3.63, 3.8) is 0 Å². The Balaban J connectivity index is 0.00000441. The third kappa shape index (κ3) is 7.61. The van der Waals surface area contributed by atoms with Gasteiger partial charge in [0.2, 0.25) is 0 Å². The van der Waals surface area contributed by atoms with E-state index in [2.05, 4.69) is 4.98 Å². The summed E-state index contributed by atoms with van der Waals surface area (Å²) in [5.74, 6) is 0.419. The van der Waals surface area contributed by atoms with Gasteiger partial charge in [0.25, 0.3) is 16.0 Å². The van der Waals surface area contributed by atoms with Crippen LogP contribution in [0, 0.1) is 6.73 Å². The Bertz CT molecular complexity index is 1370. The second-order valence-electron chi connectivity index (χ2n) is 8.87. The zero-order valence-corrected chi connectivity index (χ0v) is 27.7. The van der Waals surface area contributed by atoms with Crippen molar-refractivity contribution < 1.29 is 83.7 Å².